The number of carbonyl (C=O) groups excluding carboxylic acids is 1. The van der Waals surface area contributed by atoms with E-state index in [-0.39, 0.29) is 18.8 Å². The fourth-order valence-corrected chi connectivity index (χ4v) is 5.05. The Hall–Kier alpha value is -4.17. The zero-order chi connectivity index (χ0) is 27.0. The van der Waals surface area contributed by atoms with Gasteiger partial charge in [0.1, 0.15) is 11.3 Å². The van der Waals surface area contributed by atoms with Crippen molar-refractivity contribution in [1.82, 2.24) is 0 Å². The number of halogens is 1. The van der Waals surface area contributed by atoms with Crippen molar-refractivity contribution in [3.05, 3.63) is 91.8 Å². The quantitative estimate of drug-likeness (QED) is 0.236. The first-order valence-corrected chi connectivity index (χ1v) is 12.3. The van der Waals surface area contributed by atoms with Crippen molar-refractivity contribution in [2.24, 2.45) is 0 Å². The number of hydrogen-bond donors (Lipinski definition) is 0. The van der Waals surface area contributed by atoms with Crippen molar-refractivity contribution in [1.29, 1.82) is 0 Å². The summed E-state index contributed by atoms with van der Waals surface area (Å²) in [4.78, 5) is 27.7. The van der Waals surface area contributed by atoms with Crippen molar-refractivity contribution in [2.75, 3.05) is 33.0 Å². The number of methoxy groups -OCH3 is 3. The Morgan fingerprint density at radius 1 is 1.05 bits per heavy atom. The van der Waals surface area contributed by atoms with E-state index in [0.717, 1.165) is 16.5 Å². The third-order valence-electron chi connectivity index (χ3n) is 6.76. The maximum atomic E-state index is 13.2. The highest BCUT2D eigenvalue weighted by Crippen LogP contribution is 2.43. The Morgan fingerprint density at radius 3 is 2.45 bits per heavy atom. The molecule has 9 heteroatoms. The van der Waals surface area contributed by atoms with Gasteiger partial charge in [-0.15, -0.1) is 0 Å². The Balaban J connectivity index is 1.63. The molecule has 8 nitrogen and oxygen atoms in total. The lowest BCUT2D eigenvalue weighted by molar-refractivity contribution is 0.0600. The predicted octanol–water partition coefficient (Wildman–Crippen LogP) is 5.51. The molecule has 0 saturated carbocycles. The summed E-state index contributed by atoms with van der Waals surface area (Å²) >= 11 is 6.66. The van der Waals surface area contributed by atoms with Gasteiger partial charge in [0, 0.05) is 29.5 Å². The maximum Gasteiger partial charge on any atom is 0.340 e. The number of fused-ring (bicyclic) bond motifs is 3. The van der Waals surface area contributed by atoms with E-state index in [1.165, 1.54) is 21.3 Å². The summed E-state index contributed by atoms with van der Waals surface area (Å²) in [5, 5.41) is 1.14. The second-order valence-corrected chi connectivity index (χ2v) is 9.29. The van der Waals surface area contributed by atoms with Crippen LogP contribution in [0.1, 0.15) is 32.6 Å². The van der Waals surface area contributed by atoms with Gasteiger partial charge in [-0.25, -0.2) is 9.59 Å². The number of rotatable bonds is 6. The third kappa shape index (κ3) is 4.41. The first-order chi connectivity index (χ1) is 18.4. The fourth-order valence-electron chi connectivity index (χ4n) is 4.77. The molecule has 38 heavy (non-hydrogen) atoms. The van der Waals surface area contributed by atoms with Crippen molar-refractivity contribution < 1.29 is 28.2 Å². The monoisotopic (exact) mass is 535 g/mol. The van der Waals surface area contributed by atoms with E-state index in [1.807, 2.05) is 42.2 Å². The first kappa shape index (κ1) is 25.5. The van der Waals surface area contributed by atoms with Gasteiger partial charge in [-0.05, 0) is 24.1 Å². The van der Waals surface area contributed by atoms with Gasteiger partial charge >= 0.3 is 11.6 Å². The molecule has 196 valence electrons. The summed E-state index contributed by atoms with van der Waals surface area (Å²) in [6, 6.07) is 14.8. The van der Waals surface area contributed by atoms with Crippen LogP contribution in [0, 0.1) is 6.92 Å². The number of carbonyl (C=O) groups is 1. The normalized spacial score (nSPS) is 12.6. The largest absolute Gasteiger partial charge is 0.493 e. The molecular weight excluding hydrogens is 510 g/mol. The number of hydrogen-bond acceptors (Lipinski definition) is 8. The lowest BCUT2D eigenvalue weighted by Gasteiger charge is -2.33. The zero-order valence-electron chi connectivity index (χ0n) is 21.4. The number of esters is 1. The smallest absolute Gasteiger partial charge is 0.340 e. The SMILES string of the molecule is COC(=O)c1cc(OC)c(OC)cc1N1COc2c(Cl)cc3c(C)c(Cc4ccccc4)c(=O)oc3c2C1. The zero-order valence-corrected chi connectivity index (χ0v) is 22.2. The van der Waals surface area contributed by atoms with E-state index in [2.05, 4.69) is 0 Å². The average molecular weight is 536 g/mol. The molecule has 0 unspecified atom stereocenters. The van der Waals surface area contributed by atoms with Gasteiger partial charge in [0.2, 0.25) is 0 Å². The minimum absolute atomic E-state index is 0.0903. The molecule has 1 aliphatic heterocycles. The van der Waals surface area contributed by atoms with Crippen LogP contribution < -0.4 is 24.7 Å². The van der Waals surface area contributed by atoms with E-state index in [0.29, 0.717) is 51.1 Å². The number of benzene rings is 3. The lowest BCUT2D eigenvalue weighted by Crippen LogP contribution is -2.33. The Kier molecular flexibility index (Phi) is 6.91. The van der Waals surface area contributed by atoms with E-state index in [9.17, 15) is 9.59 Å². The summed E-state index contributed by atoms with van der Waals surface area (Å²) in [5.74, 6) is 0.713. The number of nitrogens with zero attached hydrogens (tertiary/aromatic N) is 1. The van der Waals surface area contributed by atoms with Crippen LogP contribution in [0.4, 0.5) is 5.69 Å². The fraction of sp³-hybridized carbons (Fsp3) is 0.241. The van der Waals surface area contributed by atoms with Crippen LogP contribution in [0.3, 0.4) is 0 Å². The van der Waals surface area contributed by atoms with Crippen molar-refractivity contribution in [3.63, 3.8) is 0 Å². The molecule has 5 rings (SSSR count). The highest BCUT2D eigenvalue weighted by atomic mass is 35.5. The molecule has 0 aliphatic carbocycles. The van der Waals surface area contributed by atoms with Crippen LogP contribution in [0.5, 0.6) is 17.2 Å². The van der Waals surface area contributed by atoms with Gasteiger partial charge in [-0.3, -0.25) is 0 Å². The van der Waals surface area contributed by atoms with Crippen molar-refractivity contribution >= 4 is 34.2 Å². The second kappa shape index (κ2) is 10.3. The third-order valence-corrected chi connectivity index (χ3v) is 7.04. The van der Waals surface area contributed by atoms with Gasteiger partial charge in [0.25, 0.3) is 0 Å². The topological polar surface area (TPSA) is 87.4 Å². The predicted molar refractivity (Wildman–Crippen MR) is 144 cm³/mol. The van der Waals surface area contributed by atoms with Crippen LogP contribution in [-0.2, 0) is 17.7 Å². The summed E-state index contributed by atoms with van der Waals surface area (Å²) in [6.45, 7) is 2.24. The number of anilines is 1. The molecule has 0 spiro atoms. The number of ether oxygens (including phenoxy) is 4. The maximum absolute atomic E-state index is 13.2. The molecule has 4 aromatic rings. The van der Waals surface area contributed by atoms with Crippen LogP contribution >= 0.6 is 11.6 Å². The summed E-state index contributed by atoms with van der Waals surface area (Å²) in [6.07, 6.45) is 0.441. The van der Waals surface area contributed by atoms with E-state index in [1.54, 1.807) is 18.2 Å². The van der Waals surface area contributed by atoms with Gasteiger partial charge < -0.3 is 28.3 Å². The molecule has 0 N–H and O–H groups in total. The van der Waals surface area contributed by atoms with E-state index < -0.39 is 11.6 Å². The average Bonchev–Trinajstić information content (AvgIpc) is 2.95. The van der Waals surface area contributed by atoms with Gasteiger partial charge in [0.05, 0.1) is 49.7 Å². The van der Waals surface area contributed by atoms with Crippen molar-refractivity contribution in [2.45, 2.75) is 19.9 Å². The van der Waals surface area contributed by atoms with Crippen LogP contribution in [0.15, 0.2) is 57.7 Å². The molecule has 0 bridgehead atoms. The molecule has 0 amide bonds. The standard InChI is InChI=1S/C29H26ClNO7/c1-16-18-11-22(30)27-21(26(18)38-29(33)19(16)10-17-8-6-5-7-9-17)14-31(15-37-27)23-13-25(35-3)24(34-2)12-20(23)28(32)36-4/h5-9,11-13H,10,14-15H2,1-4H3. The summed E-state index contributed by atoms with van der Waals surface area (Å²) in [5.41, 5.74) is 3.74. The first-order valence-electron chi connectivity index (χ1n) is 11.9. The van der Waals surface area contributed by atoms with Gasteiger partial charge in [0.15, 0.2) is 18.2 Å². The molecular formula is C29H26ClNO7. The molecule has 0 atom stereocenters. The molecule has 0 saturated heterocycles. The lowest BCUT2D eigenvalue weighted by atomic mass is 9.97. The van der Waals surface area contributed by atoms with Gasteiger partial charge in [-0.1, -0.05) is 41.9 Å². The minimum atomic E-state index is -0.546. The van der Waals surface area contributed by atoms with Crippen molar-refractivity contribution in [3.8, 4) is 17.2 Å². The highest BCUT2D eigenvalue weighted by molar-refractivity contribution is 6.33. The van der Waals surface area contributed by atoms with Crippen LogP contribution in [0.25, 0.3) is 11.0 Å². The van der Waals surface area contributed by atoms with Crippen LogP contribution in [0.2, 0.25) is 5.02 Å². The Bertz CT molecular complexity index is 1600. The molecule has 0 fully saturated rings. The molecule has 1 aromatic heterocycles. The molecule has 1 aliphatic rings. The Morgan fingerprint density at radius 2 is 1.76 bits per heavy atom. The molecule has 0 radical (unpaired) electrons. The number of aryl methyl sites for hydroxylation is 1. The minimum Gasteiger partial charge on any atom is -0.493 e. The molecule has 3 aromatic carbocycles. The van der Waals surface area contributed by atoms with E-state index >= 15 is 0 Å². The summed E-state index contributed by atoms with van der Waals surface area (Å²) < 4.78 is 27.8. The summed E-state index contributed by atoms with van der Waals surface area (Å²) in [7, 11) is 4.31. The second-order valence-electron chi connectivity index (χ2n) is 8.89. The van der Waals surface area contributed by atoms with Gasteiger partial charge in [-0.2, -0.15) is 0 Å². The molecule has 2 heterocycles. The van der Waals surface area contributed by atoms with Crippen LogP contribution in [-0.4, -0.2) is 34.0 Å². The highest BCUT2D eigenvalue weighted by Gasteiger charge is 2.29. The Labute approximate surface area is 224 Å². The van der Waals surface area contributed by atoms with E-state index in [4.69, 9.17) is 35.0 Å².